The number of nitrogens with zero attached hydrogens (tertiary/aromatic N) is 3. The molecule has 4 nitrogen and oxygen atoms in total. The quantitative estimate of drug-likeness (QED) is 0.769. The van der Waals surface area contributed by atoms with E-state index in [0.29, 0.717) is 13.2 Å². The van der Waals surface area contributed by atoms with Crippen LogP contribution in [0.3, 0.4) is 0 Å². The predicted octanol–water partition coefficient (Wildman–Crippen LogP) is 2.43. The third-order valence-electron chi connectivity index (χ3n) is 2.35. The van der Waals surface area contributed by atoms with Gasteiger partial charge >= 0.3 is 0 Å². The minimum Gasteiger partial charge on any atom is -0.489 e. The summed E-state index contributed by atoms with van der Waals surface area (Å²) in [6, 6.07) is 6.35. The highest BCUT2D eigenvalue weighted by molar-refractivity contribution is 9.09. The molecule has 0 amide bonds. The molecule has 0 atom stereocenters. The van der Waals surface area contributed by atoms with E-state index in [1.807, 2.05) is 6.20 Å². The lowest BCUT2D eigenvalue weighted by Crippen LogP contribution is -2.09. The molecule has 0 aliphatic carbocycles. The van der Waals surface area contributed by atoms with Crippen molar-refractivity contribution in [2.45, 2.75) is 13.0 Å². The van der Waals surface area contributed by atoms with Crippen molar-refractivity contribution in [2.75, 3.05) is 11.9 Å². The maximum absolute atomic E-state index is 13.3. The van der Waals surface area contributed by atoms with E-state index >= 15 is 0 Å². The molecule has 0 N–H and O–H groups in total. The lowest BCUT2D eigenvalue weighted by Gasteiger charge is -2.06. The number of aryl methyl sites for hydroxylation is 1. The molecule has 1 aromatic carbocycles. The lowest BCUT2D eigenvalue weighted by molar-refractivity contribution is 0.277. The minimum absolute atomic E-state index is 0.262. The Bertz CT molecular complexity index is 504. The number of aromatic nitrogens is 3. The Hall–Kier alpha value is -1.43. The third-order valence-corrected chi connectivity index (χ3v) is 2.75. The maximum Gasteiger partial charge on any atom is 0.165 e. The third kappa shape index (κ3) is 3.53. The number of alkyl halides is 1. The molecule has 1 heterocycles. The van der Waals surface area contributed by atoms with Crippen molar-refractivity contribution < 1.29 is 9.13 Å². The second kappa shape index (κ2) is 6.49. The van der Waals surface area contributed by atoms with Crippen molar-refractivity contribution in [3.05, 3.63) is 42.0 Å². The number of hydrogen-bond acceptors (Lipinski definition) is 3. The van der Waals surface area contributed by atoms with E-state index in [1.165, 1.54) is 6.07 Å². The van der Waals surface area contributed by atoms with Gasteiger partial charge in [-0.15, -0.1) is 5.10 Å². The monoisotopic (exact) mass is 313 g/mol. The van der Waals surface area contributed by atoms with Gasteiger partial charge in [0, 0.05) is 17.9 Å². The second-order valence-corrected chi connectivity index (χ2v) is 4.48. The van der Waals surface area contributed by atoms with Gasteiger partial charge in [0.15, 0.2) is 11.6 Å². The number of ether oxygens (including phenoxy) is 1. The van der Waals surface area contributed by atoms with Crippen molar-refractivity contribution in [3.63, 3.8) is 0 Å². The smallest absolute Gasteiger partial charge is 0.165 e. The van der Waals surface area contributed by atoms with Gasteiger partial charge in [-0.3, -0.25) is 0 Å². The number of rotatable bonds is 6. The lowest BCUT2D eigenvalue weighted by atomic mass is 10.3. The first kappa shape index (κ1) is 13.0. The summed E-state index contributed by atoms with van der Waals surface area (Å²) in [5.41, 5.74) is 0.928. The molecule has 0 saturated carbocycles. The normalized spacial score (nSPS) is 10.6. The fourth-order valence-corrected chi connectivity index (χ4v) is 1.88. The first-order valence-corrected chi connectivity index (χ1v) is 6.74. The second-order valence-electron chi connectivity index (χ2n) is 3.69. The topological polar surface area (TPSA) is 39.9 Å². The summed E-state index contributed by atoms with van der Waals surface area (Å²) in [5.74, 6) is -0.0886. The van der Waals surface area contributed by atoms with E-state index in [-0.39, 0.29) is 11.6 Å². The van der Waals surface area contributed by atoms with Gasteiger partial charge in [0.25, 0.3) is 0 Å². The fraction of sp³-hybridized carbons (Fsp3) is 0.333. The number of halogens is 2. The first-order valence-electron chi connectivity index (χ1n) is 5.62. The Morgan fingerprint density at radius 3 is 2.94 bits per heavy atom. The van der Waals surface area contributed by atoms with Crippen molar-refractivity contribution in [3.8, 4) is 5.75 Å². The molecule has 0 saturated heterocycles. The van der Waals surface area contributed by atoms with E-state index in [2.05, 4.69) is 26.2 Å². The molecule has 0 aliphatic rings. The van der Waals surface area contributed by atoms with Crippen LogP contribution in [0.5, 0.6) is 5.75 Å². The molecule has 2 aromatic rings. The zero-order valence-electron chi connectivity index (χ0n) is 9.72. The molecule has 0 aliphatic heterocycles. The van der Waals surface area contributed by atoms with Crippen molar-refractivity contribution in [2.24, 2.45) is 0 Å². The van der Waals surface area contributed by atoms with Gasteiger partial charge in [0.1, 0.15) is 6.61 Å². The van der Waals surface area contributed by atoms with Crippen molar-refractivity contribution >= 4 is 15.9 Å². The van der Waals surface area contributed by atoms with Crippen LogP contribution in [0.25, 0.3) is 0 Å². The van der Waals surface area contributed by atoms with E-state index in [0.717, 1.165) is 17.4 Å². The summed E-state index contributed by atoms with van der Waals surface area (Å²) < 4.78 is 20.3. The van der Waals surface area contributed by atoms with Crippen molar-refractivity contribution in [1.82, 2.24) is 15.0 Å². The highest BCUT2D eigenvalue weighted by Crippen LogP contribution is 2.15. The number of hydrogen-bond donors (Lipinski definition) is 0. The van der Waals surface area contributed by atoms with Gasteiger partial charge in [-0.2, -0.15) is 0 Å². The fourth-order valence-electron chi connectivity index (χ4n) is 1.47. The predicted molar refractivity (Wildman–Crippen MR) is 69.4 cm³/mol. The van der Waals surface area contributed by atoms with Crippen LogP contribution in [0, 0.1) is 5.82 Å². The van der Waals surface area contributed by atoms with Gasteiger partial charge < -0.3 is 4.74 Å². The highest BCUT2D eigenvalue weighted by Gasteiger charge is 2.03. The van der Waals surface area contributed by atoms with Gasteiger partial charge in [0.05, 0.1) is 12.2 Å². The van der Waals surface area contributed by atoms with Crippen molar-refractivity contribution in [1.29, 1.82) is 0 Å². The Morgan fingerprint density at radius 1 is 1.33 bits per heavy atom. The Balaban J connectivity index is 1.83. The zero-order chi connectivity index (χ0) is 12.8. The summed E-state index contributed by atoms with van der Waals surface area (Å²) in [6.07, 6.45) is 2.71. The van der Waals surface area contributed by atoms with E-state index in [1.54, 1.807) is 22.9 Å². The highest BCUT2D eigenvalue weighted by atomic mass is 79.9. The molecule has 0 bridgehead atoms. The van der Waals surface area contributed by atoms with Gasteiger partial charge in [-0.25, -0.2) is 9.07 Å². The molecule has 96 valence electrons. The summed E-state index contributed by atoms with van der Waals surface area (Å²) in [7, 11) is 0. The van der Waals surface area contributed by atoms with Crippen LogP contribution >= 0.6 is 15.9 Å². The van der Waals surface area contributed by atoms with Gasteiger partial charge in [-0.1, -0.05) is 33.3 Å². The SMILES string of the molecule is Fc1ccccc1OCCn1cc(CCBr)nn1. The van der Waals surface area contributed by atoms with Crippen LogP contribution in [0.4, 0.5) is 4.39 Å². The minimum atomic E-state index is -0.351. The molecule has 2 rings (SSSR count). The molecule has 6 heteroatoms. The average Bonchev–Trinajstić information content (AvgIpc) is 2.80. The Kier molecular flexibility index (Phi) is 4.69. The van der Waals surface area contributed by atoms with Crippen LogP contribution < -0.4 is 4.74 Å². The summed E-state index contributed by atoms with van der Waals surface area (Å²) in [4.78, 5) is 0. The average molecular weight is 314 g/mol. The Morgan fingerprint density at radius 2 is 2.17 bits per heavy atom. The van der Waals surface area contributed by atoms with E-state index in [9.17, 15) is 4.39 Å². The van der Waals surface area contributed by atoms with Crippen LogP contribution in [0.15, 0.2) is 30.5 Å². The summed E-state index contributed by atoms with van der Waals surface area (Å²) >= 11 is 3.34. The molecule has 0 unspecified atom stereocenters. The largest absolute Gasteiger partial charge is 0.489 e. The summed E-state index contributed by atoms with van der Waals surface area (Å²) in [6.45, 7) is 0.904. The molecule has 18 heavy (non-hydrogen) atoms. The van der Waals surface area contributed by atoms with Gasteiger partial charge in [-0.05, 0) is 12.1 Å². The first-order chi connectivity index (χ1) is 8.79. The summed E-state index contributed by atoms with van der Waals surface area (Å²) in [5, 5.41) is 8.82. The standard InChI is InChI=1S/C12H13BrFN3O/c13-6-5-10-9-17(16-15-10)7-8-18-12-4-2-1-3-11(12)14/h1-4,9H,5-8H2. The molecular formula is C12H13BrFN3O. The molecule has 1 aromatic heterocycles. The van der Waals surface area contributed by atoms with Gasteiger partial charge in [0.2, 0.25) is 0 Å². The molecular weight excluding hydrogens is 301 g/mol. The van der Waals surface area contributed by atoms with Crippen LogP contribution in [0.1, 0.15) is 5.69 Å². The zero-order valence-corrected chi connectivity index (χ0v) is 11.3. The molecule has 0 radical (unpaired) electrons. The number of para-hydroxylation sites is 1. The van der Waals surface area contributed by atoms with E-state index < -0.39 is 0 Å². The molecule has 0 spiro atoms. The van der Waals surface area contributed by atoms with E-state index in [4.69, 9.17) is 4.74 Å². The Labute approximate surface area is 113 Å². The number of benzene rings is 1. The van der Waals surface area contributed by atoms with Crippen LogP contribution in [-0.4, -0.2) is 26.9 Å². The van der Waals surface area contributed by atoms with Crippen LogP contribution in [0.2, 0.25) is 0 Å². The molecule has 0 fully saturated rings. The maximum atomic E-state index is 13.3. The van der Waals surface area contributed by atoms with Crippen LogP contribution in [-0.2, 0) is 13.0 Å².